The van der Waals surface area contributed by atoms with E-state index in [0.717, 1.165) is 5.56 Å². The van der Waals surface area contributed by atoms with Crippen LogP contribution in [0.1, 0.15) is 64.2 Å². The molecule has 0 bridgehead atoms. The van der Waals surface area contributed by atoms with Gasteiger partial charge in [-0.2, -0.15) is 4.90 Å². The first-order chi connectivity index (χ1) is 23.5. The molecule has 0 aliphatic rings. The molecule has 5 atom stereocenters. The number of nitrogens with zero attached hydrogens (tertiary/aromatic N) is 1. The molecule has 3 rings (SSSR count). The summed E-state index contributed by atoms with van der Waals surface area (Å²) < 4.78 is 5.58. The van der Waals surface area contributed by atoms with Gasteiger partial charge in [0, 0.05) is 18.4 Å². The second-order valence-corrected chi connectivity index (χ2v) is 14.2. The number of carbonyl (C=O) groups excluding carboxylic acids is 4. The van der Waals surface area contributed by atoms with E-state index in [1.807, 2.05) is 44.2 Å². The number of amides is 4. The van der Waals surface area contributed by atoms with Crippen LogP contribution in [0.15, 0.2) is 84.9 Å². The summed E-state index contributed by atoms with van der Waals surface area (Å²) in [5, 5.41) is 23.9. The monoisotopic (exact) mass is 688 g/mol. The third kappa shape index (κ3) is 12.7. The molecule has 0 aromatic heterocycles. The minimum atomic E-state index is -1.36. The number of imide groups is 3. The molecule has 4 amide bonds. The highest BCUT2D eigenvalue weighted by atomic mass is 16.6. The van der Waals surface area contributed by atoms with E-state index in [-0.39, 0.29) is 30.9 Å². The summed E-state index contributed by atoms with van der Waals surface area (Å²) in [4.78, 5) is 56.6. The Balaban J connectivity index is 2.04. The maximum Gasteiger partial charge on any atom is 0.424 e. The molecule has 0 saturated carbocycles. The van der Waals surface area contributed by atoms with Gasteiger partial charge in [0.05, 0.1) is 12.1 Å². The minimum absolute atomic E-state index is 0.00418. The molecule has 3 aromatic carbocycles. The van der Waals surface area contributed by atoms with Crippen LogP contribution >= 0.6 is 0 Å². The number of phenolic OH excluding ortho intramolecular Hbond substituents is 1. The Kier molecular flexibility index (Phi) is 14.7. The number of phenols is 1. The predicted octanol–water partition coefficient (Wildman–Crippen LogP) is 4.26. The number of carbonyl (C=O) groups is 4. The first-order valence-corrected chi connectivity index (χ1v) is 17.0. The van der Waals surface area contributed by atoms with Crippen molar-refractivity contribution in [3.63, 3.8) is 0 Å². The normalized spacial score (nSPS) is 14.6. The van der Waals surface area contributed by atoms with Crippen LogP contribution in [-0.2, 0) is 38.4 Å². The molecule has 270 valence electrons. The molecule has 0 saturated heterocycles. The third-order valence-electron chi connectivity index (χ3n) is 8.08. The van der Waals surface area contributed by atoms with Gasteiger partial charge in [-0.1, -0.05) is 86.6 Å². The number of benzene rings is 3. The lowest BCUT2D eigenvalue weighted by Crippen LogP contribution is -2.58. The van der Waals surface area contributed by atoms with Gasteiger partial charge >= 0.3 is 6.09 Å². The lowest BCUT2D eigenvalue weighted by atomic mass is 9.88. The molecule has 7 N–H and O–H groups in total. The first kappa shape index (κ1) is 39.9. The van der Waals surface area contributed by atoms with E-state index >= 15 is 0 Å². The Morgan fingerprint density at radius 2 is 1.28 bits per heavy atom. The van der Waals surface area contributed by atoms with Gasteiger partial charge in [-0.15, -0.1) is 0 Å². The fourth-order valence-electron chi connectivity index (χ4n) is 5.55. The fraction of sp³-hybridized carbons (Fsp3) is 0.436. The van der Waals surface area contributed by atoms with Gasteiger partial charge in [-0.05, 0) is 81.2 Å². The summed E-state index contributed by atoms with van der Waals surface area (Å²) in [5.74, 6) is -3.56. The molecular formula is C39H52N4O7. The van der Waals surface area contributed by atoms with E-state index in [9.17, 15) is 29.4 Å². The number of nitrogens with one attached hydrogen (secondary N) is 1. The van der Waals surface area contributed by atoms with Crippen LogP contribution < -0.4 is 16.8 Å². The van der Waals surface area contributed by atoms with E-state index in [2.05, 4.69) is 5.32 Å². The summed E-state index contributed by atoms with van der Waals surface area (Å²) in [6, 6.07) is 21.3. The topological polar surface area (TPSA) is 185 Å². The van der Waals surface area contributed by atoms with Crippen LogP contribution in [0, 0.1) is 11.8 Å². The van der Waals surface area contributed by atoms with E-state index < -0.39 is 59.6 Å². The SMILES string of the molecule is CC(C)C[C@H](N)C(=O)N[C@@H](Cc1ccccc1)C(=O)N(C(=O)OC(C)(C)C)C(=O)[C@H](Cc1ccc(O)cc1)C[C@H](O)[C@@H](N)Cc1ccccc1. The second-order valence-electron chi connectivity index (χ2n) is 14.2. The first-order valence-electron chi connectivity index (χ1n) is 17.0. The maximum absolute atomic E-state index is 14.6. The molecular weight excluding hydrogens is 636 g/mol. The molecule has 50 heavy (non-hydrogen) atoms. The lowest BCUT2D eigenvalue weighted by Gasteiger charge is -2.32. The number of nitrogens with two attached hydrogens (primary N) is 2. The Labute approximate surface area is 295 Å². The van der Waals surface area contributed by atoms with Crippen LogP contribution in [0.4, 0.5) is 4.79 Å². The van der Waals surface area contributed by atoms with Gasteiger partial charge in [0.2, 0.25) is 11.8 Å². The van der Waals surface area contributed by atoms with Crippen molar-refractivity contribution in [1.29, 1.82) is 0 Å². The quantitative estimate of drug-likeness (QED) is 0.156. The predicted molar refractivity (Wildman–Crippen MR) is 192 cm³/mol. The number of hydrogen-bond donors (Lipinski definition) is 5. The molecule has 0 unspecified atom stereocenters. The van der Waals surface area contributed by atoms with Crippen LogP contribution in [0.5, 0.6) is 5.75 Å². The van der Waals surface area contributed by atoms with E-state index in [1.54, 1.807) is 63.2 Å². The van der Waals surface area contributed by atoms with Crippen molar-refractivity contribution in [3.8, 4) is 5.75 Å². The van der Waals surface area contributed by atoms with E-state index in [4.69, 9.17) is 16.2 Å². The molecule has 0 fully saturated rings. The van der Waals surface area contributed by atoms with Gasteiger partial charge in [0.1, 0.15) is 17.4 Å². The average Bonchev–Trinajstić information content (AvgIpc) is 3.04. The average molecular weight is 689 g/mol. The molecule has 0 aliphatic heterocycles. The van der Waals surface area contributed by atoms with Crippen LogP contribution in [0.3, 0.4) is 0 Å². The van der Waals surface area contributed by atoms with Gasteiger partial charge in [0.15, 0.2) is 0 Å². The van der Waals surface area contributed by atoms with Crippen molar-refractivity contribution >= 4 is 23.8 Å². The van der Waals surface area contributed by atoms with Gasteiger partial charge < -0.3 is 31.7 Å². The van der Waals surface area contributed by atoms with Crippen molar-refractivity contribution in [2.45, 2.75) is 96.6 Å². The highest BCUT2D eigenvalue weighted by molar-refractivity contribution is 6.11. The standard InChI is InChI=1S/C39H52N4O7/c1-25(2)20-32(41)35(46)42-33(23-27-14-10-7-11-15-27)37(48)43(38(49)50-39(3,4)5)36(47)29(21-28-16-18-30(44)19-17-28)24-34(45)31(40)22-26-12-8-6-9-13-26/h6-19,25,29,31-34,44-45H,20-24,40-41H2,1-5H3,(H,42,46)/t29-,31+,32+,33+,34+/m1/s1. The summed E-state index contributed by atoms with van der Waals surface area (Å²) >= 11 is 0. The van der Waals surface area contributed by atoms with Crippen LogP contribution in [-0.4, -0.2) is 68.8 Å². The van der Waals surface area contributed by atoms with Gasteiger partial charge in [-0.3, -0.25) is 14.4 Å². The molecule has 0 spiro atoms. The highest BCUT2D eigenvalue weighted by Crippen LogP contribution is 2.24. The minimum Gasteiger partial charge on any atom is -0.508 e. The summed E-state index contributed by atoms with van der Waals surface area (Å²) in [5.41, 5.74) is 13.7. The zero-order chi connectivity index (χ0) is 37.0. The second kappa shape index (κ2) is 18.4. The van der Waals surface area contributed by atoms with E-state index in [1.165, 1.54) is 12.1 Å². The van der Waals surface area contributed by atoms with Crippen LogP contribution in [0.25, 0.3) is 0 Å². The van der Waals surface area contributed by atoms with Gasteiger partial charge in [-0.25, -0.2) is 4.79 Å². The van der Waals surface area contributed by atoms with Crippen LogP contribution in [0.2, 0.25) is 0 Å². The molecule has 0 radical (unpaired) electrons. The smallest absolute Gasteiger partial charge is 0.424 e. The van der Waals surface area contributed by atoms with Crippen molar-refractivity contribution in [1.82, 2.24) is 10.2 Å². The fourth-order valence-corrected chi connectivity index (χ4v) is 5.55. The molecule has 3 aromatic rings. The molecule has 0 aliphatic carbocycles. The number of rotatable bonds is 15. The Hall–Kier alpha value is -4.58. The number of hydrogen-bond acceptors (Lipinski definition) is 9. The number of aromatic hydroxyl groups is 1. The molecule has 11 heteroatoms. The zero-order valence-corrected chi connectivity index (χ0v) is 29.6. The van der Waals surface area contributed by atoms with Crippen molar-refractivity contribution in [3.05, 3.63) is 102 Å². The molecule has 11 nitrogen and oxygen atoms in total. The number of aliphatic hydroxyl groups excluding tert-OH is 1. The largest absolute Gasteiger partial charge is 0.508 e. The Bertz CT molecular complexity index is 1540. The van der Waals surface area contributed by atoms with Crippen molar-refractivity contribution < 1.29 is 34.1 Å². The summed E-state index contributed by atoms with van der Waals surface area (Å²) in [6.45, 7) is 8.64. The van der Waals surface area contributed by atoms with Crippen molar-refractivity contribution in [2.24, 2.45) is 23.3 Å². The summed E-state index contributed by atoms with van der Waals surface area (Å²) in [7, 11) is 0. The maximum atomic E-state index is 14.6. The number of ether oxygens (including phenoxy) is 1. The third-order valence-corrected chi connectivity index (χ3v) is 8.08. The molecule has 0 heterocycles. The van der Waals surface area contributed by atoms with E-state index in [0.29, 0.717) is 28.9 Å². The Morgan fingerprint density at radius 3 is 1.80 bits per heavy atom. The van der Waals surface area contributed by atoms with Gasteiger partial charge in [0.25, 0.3) is 5.91 Å². The Morgan fingerprint density at radius 1 is 0.760 bits per heavy atom. The lowest BCUT2D eigenvalue weighted by molar-refractivity contribution is -0.149. The number of aliphatic hydroxyl groups is 1. The zero-order valence-electron chi connectivity index (χ0n) is 29.6. The van der Waals surface area contributed by atoms with Crippen molar-refractivity contribution in [2.75, 3.05) is 0 Å². The summed E-state index contributed by atoms with van der Waals surface area (Å²) in [6.07, 6.45) is -2.00. The highest BCUT2D eigenvalue weighted by Gasteiger charge is 2.41.